The molecule has 0 spiro atoms. The highest BCUT2D eigenvalue weighted by Crippen LogP contribution is 2.32. The molecule has 0 unspecified atom stereocenters. The molecule has 6 nitrogen and oxygen atoms in total. The summed E-state index contributed by atoms with van der Waals surface area (Å²) in [6.07, 6.45) is -3.70. The van der Waals surface area contributed by atoms with Crippen LogP contribution in [-0.2, 0) is 27.5 Å². The van der Waals surface area contributed by atoms with Crippen molar-refractivity contribution in [3.8, 4) is 0 Å². The van der Waals surface area contributed by atoms with E-state index in [4.69, 9.17) is 4.74 Å². The summed E-state index contributed by atoms with van der Waals surface area (Å²) < 4.78 is 73.3. The topological polar surface area (TPSA) is 79.5 Å². The molecule has 182 valence electrons. The summed E-state index contributed by atoms with van der Waals surface area (Å²) in [5, 5.41) is 0.772. The summed E-state index contributed by atoms with van der Waals surface area (Å²) in [6, 6.07) is 9.06. The third kappa shape index (κ3) is 5.03. The van der Waals surface area contributed by atoms with Gasteiger partial charge in [0, 0.05) is 36.2 Å². The van der Waals surface area contributed by atoms with Gasteiger partial charge in [-0.1, -0.05) is 12.1 Å². The molecule has 4 rings (SSSR count). The Morgan fingerprint density at radius 2 is 1.91 bits per heavy atom. The molecule has 0 amide bonds. The van der Waals surface area contributed by atoms with E-state index in [9.17, 15) is 26.4 Å². The van der Waals surface area contributed by atoms with Crippen LogP contribution in [0.2, 0.25) is 0 Å². The van der Waals surface area contributed by atoms with E-state index in [0.717, 1.165) is 45.4 Å². The standard InChI is InChI=1S/C24H25F3N2O4S/c1-15-9-16(2)21-11-17(23(30)28-22(21)10-15)13-29(14-19-6-4-8-33-19)34(31,32)20-7-3-5-18(12-20)24(25,26)27/h3,5,7,9-12,19H,4,6,8,13-14H2,1-2H3,(H,28,30)/t19-/m1/s1. The number of nitrogens with zero attached hydrogens (tertiary/aromatic N) is 1. The van der Waals surface area contributed by atoms with Crippen LogP contribution in [0.5, 0.6) is 0 Å². The Morgan fingerprint density at radius 3 is 2.59 bits per heavy atom. The van der Waals surface area contributed by atoms with Crippen LogP contribution in [0.3, 0.4) is 0 Å². The maximum atomic E-state index is 13.5. The largest absolute Gasteiger partial charge is 0.416 e. The van der Waals surface area contributed by atoms with E-state index < -0.39 is 38.3 Å². The van der Waals surface area contributed by atoms with Crippen LogP contribution in [0, 0.1) is 13.8 Å². The number of sulfonamides is 1. The van der Waals surface area contributed by atoms with Gasteiger partial charge in [-0.2, -0.15) is 17.5 Å². The molecular weight excluding hydrogens is 469 g/mol. The van der Waals surface area contributed by atoms with Gasteiger partial charge in [0.2, 0.25) is 10.0 Å². The molecule has 0 bridgehead atoms. The van der Waals surface area contributed by atoms with Gasteiger partial charge in [0.15, 0.2) is 0 Å². The number of aryl methyl sites for hydroxylation is 2. The van der Waals surface area contributed by atoms with Crippen molar-refractivity contribution in [2.45, 2.75) is 50.4 Å². The molecule has 34 heavy (non-hydrogen) atoms. The minimum absolute atomic E-state index is 0.0665. The van der Waals surface area contributed by atoms with Gasteiger partial charge < -0.3 is 9.72 Å². The summed E-state index contributed by atoms with van der Waals surface area (Å²) >= 11 is 0. The number of ether oxygens (including phenoxy) is 1. The van der Waals surface area contributed by atoms with Crippen molar-refractivity contribution in [3.05, 3.63) is 75.1 Å². The zero-order valence-corrected chi connectivity index (χ0v) is 19.6. The average Bonchev–Trinajstić information content (AvgIpc) is 3.26. The zero-order chi connectivity index (χ0) is 24.7. The highest BCUT2D eigenvalue weighted by atomic mass is 32.2. The number of pyridine rings is 1. The molecule has 1 aliphatic rings. The minimum atomic E-state index is -4.68. The van der Waals surface area contributed by atoms with E-state index in [1.807, 2.05) is 26.0 Å². The van der Waals surface area contributed by atoms with Crippen LogP contribution in [0.1, 0.15) is 35.1 Å². The highest BCUT2D eigenvalue weighted by molar-refractivity contribution is 7.89. The molecule has 2 heterocycles. The van der Waals surface area contributed by atoms with Gasteiger partial charge in [-0.25, -0.2) is 8.42 Å². The zero-order valence-electron chi connectivity index (χ0n) is 18.8. The van der Waals surface area contributed by atoms with Crippen molar-refractivity contribution >= 4 is 20.9 Å². The van der Waals surface area contributed by atoms with Crippen molar-refractivity contribution in [2.75, 3.05) is 13.2 Å². The van der Waals surface area contributed by atoms with Gasteiger partial charge in [0.25, 0.3) is 5.56 Å². The lowest BCUT2D eigenvalue weighted by molar-refractivity contribution is -0.137. The number of H-pyrrole nitrogens is 1. The van der Waals surface area contributed by atoms with Crippen LogP contribution in [0.15, 0.2) is 52.2 Å². The summed E-state index contributed by atoms with van der Waals surface area (Å²) in [7, 11) is -4.36. The van der Waals surface area contributed by atoms with Gasteiger partial charge >= 0.3 is 6.18 Å². The van der Waals surface area contributed by atoms with Crippen LogP contribution in [0.25, 0.3) is 10.9 Å². The molecule has 10 heteroatoms. The van der Waals surface area contributed by atoms with Crippen LogP contribution in [-0.4, -0.2) is 37.0 Å². The van der Waals surface area contributed by atoms with Crippen LogP contribution in [0.4, 0.5) is 13.2 Å². The number of hydrogen-bond donors (Lipinski definition) is 1. The van der Waals surface area contributed by atoms with Crippen molar-refractivity contribution in [3.63, 3.8) is 0 Å². The highest BCUT2D eigenvalue weighted by Gasteiger charge is 2.34. The molecule has 0 radical (unpaired) electrons. The Labute approximate surface area is 195 Å². The van der Waals surface area contributed by atoms with Gasteiger partial charge in [-0.05, 0) is 68.1 Å². The fraction of sp³-hybridized carbons (Fsp3) is 0.375. The number of nitrogens with one attached hydrogen (secondary N) is 1. The first-order chi connectivity index (χ1) is 15.9. The Balaban J connectivity index is 1.76. The van der Waals surface area contributed by atoms with Crippen molar-refractivity contribution in [2.24, 2.45) is 0 Å². The number of alkyl halides is 3. The van der Waals surface area contributed by atoms with E-state index in [1.165, 1.54) is 0 Å². The van der Waals surface area contributed by atoms with E-state index in [1.54, 1.807) is 6.07 Å². The molecule has 1 atom stereocenters. The summed E-state index contributed by atoms with van der Waals surface area (Å²) in [5.41, 5.74) is 1.22. The first-order valence-corrected chi connectivity index (χ1v) is 12.3. The first-order valence-electron chi connectivity index (χ1n) is 10.9. The lowest BCUT2D eigenvalue weighted by Gasteiger charge is -2.25. The Bertz CT molecular complexity index is 1380. The van der Waals surface area contributed by atoms with Crippen LogP contribution >= 0.6 is 0 Å². The monoisotopic (exact) mass is 494 g/mol. The smallest absolute Gasteiger partial charge is 0.377 e. The van der Waals surface area contributed by atoms with E-state index >= 15 is 0 Å². The van der Waals surface area contributed by atoms with Gasteiger partial charge in [0.05, 0.1) is 16.6 Å². The van der Waals surface area contributed by atoms with Gasteiger partial charge in [-0.3, -0.25) is 4.79 Å². The number of aromatic amines is 1. The molecule has 1 saturated heterocycles. The SMILES string of the molecule is Cc1cc(C)c2cc(CN(C[C@H]3CCCO3)S(=O)(=O)c3cccc(C(F)(F)F)c3)c(=O)[nH]c2c1. The second kappa shape index (κ2) is 9.16. The van der Waals surface area contributed by atoms with Crippen LogP contribution < -0.4 is 5.56 Å². The summed E-state index contributed by atoms with van der Waals surface area (Å²) in [6.45, 7) is 3.92. The Kier molecular flexibility index (Phi) is 6.58. The fourth-order valence-corrected chi connectivity index (χ4v) is 5.76. The maximum absolute atomic E-state index is 13.5. The summed E-state index contributed by atoms with van der Waals surface area (Å²) in [4.78, 5) is 15.1. The molecule has 0 saturated carbocycles. The molecule has 0 aliphatic carbocycles. The predicted molar refractivity (Wildman–Crippen MR) is 122 cm³/mol. The fourth-order valence-electron chi connectivity index (χ4n) is 4.27. The van der Waals surface area contributed by atoms with Gasteiger partial charge in [0.1, 0.15) is 0 Å². The number of halogens is 3. The van der Waals surface area contributed by atoms with Gasteiger partial charge in [-0.15, -0.1) is 0 Å². The molecule has 1 aromatic heterocycles. The summed E-state index contributed by atoms with van der Waals surface area (Å²) in [5.74, 6) is 0. The van der Waals surface area contributed by atoms with E-state index in [-0.39, 0.29) is 18.7 Å². The number of aromatic nitrogens is 1. The Morgan fingerprint density at radius 1 is 1.15 bits per heavy atom. The second-order valence-corrected chi connectivity index (χ2v) is 10.6. The molecule has 1 aliphatic heterocycles. The van der Waals surface area contributed by atoms with Crippen molar-refractivity contribution < 1.29 is 26.3 Å². The Hall–Kier alpha value is -2.69. The molecule has 1 fully saturated rings. The van der Waals surface area contributed by atoms with Crippen molar-refractivity contribution in [1.82, 2.24) is 9.29 Å². The predicted octanol–water partition coefficient (Wildman–Crippen LogP) is 4.53. The van der Waals surface area contributed by atoms with E-state index in [0.29, 0.717) is 24.6 Å². The number of benzene rings is 2. The third-order valence-electron chi connectivity index (χ3n) is 5.97. The lowest BCUT2D eigenvalue weighted by Crippen LogP contribution is -2.38. The number of hydrogen-bond acceptors (Lipinski definition) is 4. The molecule has 2 aromatic carbocycles. The number of fused-ring (bicyclic) bond motifs is 1. The second-order valence-electron chi connectivity index (χ2n) is 8.62. The lowest BCUT2D eigenvalue weighted by atomic mass is 10.0. The molecule has 3 aromatic rings. The molecular formula is C24H25F3N2O4S. The quantitative estimate of drug-likeness (QED) is 0.546. The number of rotatable bonds is 6. The minimum Gasteiger partial charge on any atom is -0.377 e. The average molecular weight is 495 g/mol. The van der Waals surface area contributed by atoms with Crippen molar-refractivity contribution in [1.29, 1.82) is 0 Å². The van der Waals surface area contributed by atoms with E-state index in [2.05, 4.69) is 4.98 Å². The normalized spacial score (nSPS) is 17.1. The molecule has 1 N–H and O–H groups in total. The third-order valence-corrected chi connectivity index (χ3v) is 7.77. The first kappa shape index (κ1) is 24.4. The maximum Gasteiger partial charge on any atom is 0.416 e.